The van der Waals surface area contributed by atoms with Gasteiger partial charge in [0.25, 0.3) is 0 Å². The standard InChI is InChI=1S/C27H33BrO6/c1-5-31-22-9-8-14-27(19-22,34-7-3)15-12-20(4)13-16-33-24-11-10-21(17-23(24)28)18-25(26(29)30)32-6-2/h8-11,13-14,17,25H,5-7,16,18-19H2,1-4H3,(H,29,30)/t25-,27?/m0/s1. The lowest BCUT2D eigenvalue weighted by atomic mass is 9.93. The van der Waals surface area contributed by atoms with Crippen LogP contribution in [0.25, 0.3) is 0 Å². The molecule has 1 N–H and O–H groups in total. The molecule has 2 atom stereocenters. The first-order chi connectivity index (χ1) is 16.3. The van der Waals surface area contributed by atoms with Gasteiger partial charge in [0.05, 0.1) is 11.1 Å². The molecule has 7 heteroatoms. The second kappa shape index (κ2) is 14.0. The van der Waals surface area contributed by atoms with E-state index in [1.54, 1.807) is 6.92 Å². The van der Waals surface area contributed by atoms with Gasteiger partial charge in [-0.05, 0) is 85.1 Å². The Labute approximate surface area is 210 Å². The summed E-state index contributed by atoms with van der Waals surface area (Å²) < 4.78 is 23.5. The van der Waals surface area contributed by atoms with Crippen LogP contribution in [0.4, 0.5) is 0 Å². The fourth-order valence-corrected chi connectivity index (χ4v) is 3.92. The molecule has 34 heavy (non-hydrogen) atoms. The Morgan fingerprint density at radius 1 is 1.24 bits per heavy atom. The molecule has 0 spiro atoms. The molecule has 6 nitrogen and oxygen atoms in total. The van der Waals surface area contributed by atoms with Gasteiger partial charge in [-0.25, -0.2) is 4.79 Å². The van der Waals surface area contributed by atoms with Crippen molar-refractivity contribution >= 4 is 21.9 Å². The first-order valence-electron chi connectivity index (χ1n) is 11.4. The van der Waals surface area contributed by atoms with Gasteiger partial charge in [-0.1, -0.05) is 24.0 Å². The van der Waals surface area contributed by atoms with Crippen LogP contribution in [0.3, 0.4) is 0 Å². The molecule has 0 fully saturated rings. The third-order valence-electron chi connectivity index (χ3n) is 4.98. The van der Waals surface area contributed by atoms with E-state index >= 15 is 0 Å². The Bertz CT molecular complexity index is 985. The van der Waals surface area contributed by atoms with Crippen molar-refractivity contribution in [2.75, 3.05) is 26.4 Å². The van der Waals surface area contributed by atoms with Crippen molar-refractivity contribution in [2.45, 2.75) is 52.2 Å². The molecular weight excluding hydrogens is 500 g/mol. The number of rotatable bonds is 12. The fraction of sp³-hybridized carbons (Fsp3) is 0.444. The average Bonchev–Trinajstić information content (AvgIpc) is 2.79. The van der Waals surface area contributed by atoms with E-state index in [0.717, 1.165) is 21.4 Å². The molecule has 1 aliphatic carbocycles. The van der Waals surface area contributed by atoms with Crippen molar-refractivity contribution in [3.63, 3.8) is 0 Å². The van der Waals surface area contributed by atoms with Crippen molar-refractivity contribution < 1.29 is 28.8 Å². The number of allylic oxidation sites excluding steroid dienone is 3. The minimum atomic E-state index is -0.972. The van der Waals surface area contributed by atoms with Gasteiger partial charge in [-0.2, -0.15) is 0 Å². The van der Waals surface area contributed by atoms with Crippen molar-refractivity contribution in [2.24, 2.45) is 0 Å². The minimum Gasteiger partial charge on any atom is -0.498 e. The highest BCUT2D eigenvalue weighted by Crippen LogP contribution is 2.28. The van der Waals surface area contributed by atoms with E-state index in [-0.39, 0.29) is 6.42 Å². The average molecular weight is 533 g/mol. The van der Waals surface area contributed by atoms with Crippen LogP contribution in [0.1, 0.15) is 39.7 Å². The summed E-state index contributed by atoms with van der Waals surface area (Å²) in [7, 11) is 0. The number of halogens is 1. The van der Waals surface area contributed by atoms with Gasteiger partial charge in [0.2, 0.25) is 0 Å². The Balaban J connectivity index is 2.00. The van der Waals surface area contributed by atoms with Crippen LogP contribution in [0, 0.1) is 11.8 Å². The predicted molar refractivity (Wildman–Crippen MR) is 136 cm³/mol. The molecule has 1 unspecified atom stereocenters. The third-order valence-corrected chi connectivity index (χ3v) is 5.60. The molecule has 1 aromatic carbocycles. The van der Waals surface area contributed by atoms with Crippen molar-refractivity contribution in [1.29, 1.82) is 0 Å². The Hall–Kier alpha value is -2.53. The number of aliphatic carboxylic acids is 1. The SMILES string of the molecule is CCOC1=CC=CC(C#CC(C)=CCOc2ccc(C[C@H](OCC)C(=O)O)cc2Br)(OCC)C1. The maximum absolute atomic E-state index is 11.3. The lowest BCUT2D eigenvalue weighted by Gasteiger charge is -2.28. The molecule has 0 bridgehead atoms. The van der Waals surface area contributed by atoms with Gasteiger partial charge in [-0.3, -0.25) is 0 Å². The Morgan fingerprint density at radius 2 is 2.03 bits per heavy atom. The predicted octanol–water partition coefficient (Wildman–Crippen LogP) is 5.47. The smallest absolute Gasteiger partial charge is 0.333 e. The Kier molecular flexibility index (Phi) is 11.4. The van der Waals surface area contributed by atoms with E-state index in [1.165, 1.54) is 0 Å². The number of carbonyl (C=O) groups is 1. The largest absolute Gasteiger partial charge is 0.498 e. The van der Waals surface area contributed by atoms with Crippen molar-refractivity contribution in [3.05, 3.63) is 63.9 Å². The highest BCUT2D eigenvalue weighted by molar-refractivity contribution is 9.10. The maximum atomic E-state index is 11.3. The number of benzene rings is 1. The lowest BCUT2D eigenvalue weighted by Crippen LogP contribution is -2.31. The van der Waals surface area contributed by atoms with Crippen LogP contribution in [0.2, 0.25) is 0 Å². The first kappa shape index (κ1) is 27.7. The quantitative estimate of drug-likeness (QED) is 0.360. The van der Waals surface area contributed by atoms with Crippen LogP contribution >= 0.6 is 15.9 Å². The van der Waals surface area contributed by atoms with Gasteiger partial charge < -0.3 is 24.1 Å². The molecule has 0 aromatic heterocycles. The maximum Gasteiger partial charge on any atom is 0.333 e. The number of ether oxygens (including phenoxy) is 4. The zero-order valence-corrected chi connectivity index (χ0v) is 21.8. The minimum absolute atomic E-state index is 0.285. The summed E-state index contributed by atoms with van der Waals surface area (Å²) in [5, 5.41) is 9.27. The van der Waals surface area contributed by atoms with E-state index in [4.69, 9.17) is 18.9 Å². The van der Waals surface area contributed by atoms with Crippen molar-refractivity contribution in [1.82, 2.24) is 0 Å². The van der Waals surface area contributed by atoms with Crippen LogP contribution in [0.5, 0.6) is 5.75 Å². The van der Waals surface area contributed by atoms with Crippen LogP contribution < -0.4 is 4.74 Å². The summed E-state index contributed by atoms with van der Waals surface area (Å²) in [5.74, 6) is 7.00. The number of carboxylic acids is 1. The fourth-order valence-electron chi connectivity index (χ4n) is 3.38. The van der Waals surface area contributed by atoms with Crippen molar-refractivity contribution in [3.8, 4) is 17.6 Å². The normalized spacial score (nSPS) is 18.5. The van der Waals surface area contributed by atoms with Crippen LogP contribution in [0.15, 0.2) is 58.3 Å². The second-order valence-electron chi connectivity index (χ2n) is 7.62. The van der Waals surface area contributed by atoms with Gasteiger partial charge in [0.1, 0.15) is 18.1 Å². The van der Waals surface area contributed by atoms with Gasteiger partial charge in [0, 0.05) is 26.1 Å². The molecule has 2 rings (SSSR count). The molecular formula is C27H33BrO6. The highest BCUT2D eigenvalue weighted by Gasteiger charge is 2.29. The second-order valence-corrected chi connectivity index (χ2v) is 8.48. The summed E-state index contributed by atoms with van der Waals surface area (Å²) in [6.07, 6.45) is 7.74. The monoisotopic (exact) mass is 532 g/mol. The summed E-state index contributed by atoms with van der Waals surface area (Å²) in [5.41, 5.74) is 1.02. The zero-order valence-electron chi connectivity index (χ0n) is 20.2. The summed E-state index contributed by atoms with van der Waals surface area (Å²) in [4.78, 5) is 11.3. The summed E-state index contributed by atoms with van der Waals surface area (Å²) >= 11 is 3.50. The summed E-state index contributed by atoms with van der Waals surface area (Å²) in [6.45, 7) is 9.46. The molecule has 184 valence electrons. The molecule has 0 radical (unpaired) electrons. The zero-order chi connectivity index (χ0) is 25.0. The first-order valence-corrected chi connectivity index (χ1v) is 12.2. The van der Waals surface area contributed by atoms with E-state index in [2.05, 4.69) is 27.8 Å². The molecule has 0 saturated heterocycles. The summed E-state index contributed by atoms with van der Waals surface area (Å²) in [6, 6.07) is 5.51. The molecule has 1 aromatic rings. The van der Waals surface area contributed by atoms with Gasteiger partial charge in [-0.15, -0.1) is 0 Å². The van der Waals surface area contributed by atoms with E-state index in [0.29, 0.717) is 38.6 Å². The van der Waals surface area contributed by atoms with Gasteiger partial charge in [0.15, 0.2) is 11.7 Å². The molecule has 0 heterocycles. The number of hydrogen-bond acceptors (Lipinski definition) is 5. The highest BCUT2D eigenvalue weighted by atomic mass is 79.9. The Morgan fingerprint density at radius 3 is 2.68 bits per heavy atom. The van der Waals surface area contributed by atoms with Crippen LogP contribution in [-0.4, -0.2) is 49.2 Å². The third kappa shape index (κ3) is 8.68. The number of carboxylic acid groups (broad SMARTS) is 1. The van der Waals surface area contributed by atoms with E-state index in [1.807, 2.05) is 63.3 Å². The molecule has 0 aliphatic heterocycles. The molecule has 1 aliphatic rings. The lowest BCUT2D eigenvalue weighted by molar-refractivity contribution is -0.149. The van der Waals surface area contributed by atoms with Gasteiger partial charge >= 0.3 is 5.97 Å². The van der Waals surface area contributed by atoms with E-state index < -0.39 is 17.7 Å². The number of hydrogen-bond donors (Lipinski definition) is 1. The van der Waals surface area contributed by atoms with E-state index in [9.17, 15) is 9.90 Å². The topological polar surface area (TPSA) is 74.2 Å². The molecule has 0 amide bonds. The van der Waals surface area contributed by atoms with Crippen LogP contribution in [-0.2, 0) is 25.4 Å². The molecule has 0 saturated carbocycles.